The fraction of sp³-hybridized carbons (Fsp3) is 0.308. The maximum absolute atomic E-state index is 13.1. The summed E-state index contributed by atoms with van der Waals surface area (Å²) in [7, 11) is 0. The van der Waals surface area contributed by atoms with Gasteiger partial charge in [0.15, 0.2) is 5.82 Å². The van der Waals surface area contributed by atoms with Crippen LogP contribution < -0.4 is 10.9 Å². The van der Waals surface area contributed by atoms with Gasteiger partial charge in [-0.3, -0.25) is 14.2 Å². The molecule has 3 aromatic heterocycles. The first-order valence-corrected chi connectivity index (χ1v) is 12.0. The average molecular weight is 483 g/mol. The van der Waals surface area contributed by atoms with Gasteiger partial charge < -0.3 is 10.2 Å². The monoisotopic (exact) mass is 482 g/mol. The number of piperidine rings is 1. The second kappa shape index (κ2) is 9.62. The van der Waals surface area contributed by atoms with Crippen LogP contribution in [0.15, 0.2) is 53.6 Å². The topological polar surface area (TPSA) is 122 Å². The third kappa shape index (κ3) is 4.31. The molecule has 1 aromatic carbocycles. The van der Waals surface area contributed by atoms with Crippen LogP contribution in [0, 0.1) is 18.3 Å². The molecule has 0 bridgehead atoms. The summed E-state index contributed by atoms with van der Waals surface area (Å²) in [5, 5.41) is 17.8. The molecule has 182 valence electrons. The Morgan fingerprint density at radius 3 is 2.92 bits per heavy atom. The van der Waals surface area contributed by atoms with Crippen molar-refractivity contribution < 1.29 is 4.79 Å². The molecule has 0 saturated carbocycles. The van der Waals surface area contributed by atoms with E-state index in [1.165, 1.54) is 0 Å². The van der Waals surface area contributed by atoms with Gasteiger partial charge in [0, 0.05) is 49.4 Å². The predicted molar refractivity (Wildman–Crippen MR) is 135 cm³/mol. The highest BCUT2D eigenvalue weighted by molar-refractivity contribution is 5.79. The highest BCUT2D eigenvalue weighted by Gasteiger charge is 2.26. The molecule has 4 heterocycles. The summed E-state index contributed by atoms with van der Waals surface area (Å²) in [6.07, 6.45) is 5.52. The van der Waals surface area contributed by atoms with Crippen molar-refractivity contribution in [1.29, 1.82) is 5.26 Å². The van der Waals surface area contributed by atoms with E-state index >= 15 is 0 Å². The Hall–Kier alpha value is -4.52. The largest absolute Gasteiger partial charge is 0.341 e. The van der Waals surface area contributed by atoms with Crippen molar-refractivity contribution in [2.24, 2.45) is 0 Å². The summed E-state index contributed by atoms with van der Waals surface area (Å²) in [4.78, 5) is 36.4. The van der Waals surface area contributed by atoms with Crippen molar-refractivity contribution >= 4 is 28.7 Å². The van der Waals surface area contributed by atoms with Gasteiger partial charge in [-0.1, -0.05) is 19.1 Å². The van der Waals surface area contributed by atoms with Gasteiger partial charge in [-0.15, -0.1) is 0 Å². The molecular weight excluding hydrogens is 456 g/mol. The van der Waals surface area contributed by atoms with Crippen LogP contribution in [0.2, 0.25) is 0 Å². The van der Waals surface area contributed by atoms with E-state index in [0.29, 0.717) is 48.2 Å². The Morgan fingerprint density at radius 2 is 2.11 bits per heavy atom. The lowest BCUT2D eigenvalue weighted by molar-refractivity contribution is -0.132. The summed E-state index contributed by atoms with van der Waals surface area (Å²) in [6.45, 7) is 4.92. The van der Waals surface area contributed by atoms with Crippen molar-refractivity contribution in [1.82, 2.24) is 29.2 Å². The minimum atomic E-state index is -0.158. The second-order valence-electron chi connectivity index (χ2n) is 8.86. The molecule has 0 spiro atoms. The van der Waals surface area contributed by atoms with Crippen molar-refractivity contribution in [2.45, 2.75) is 39.2 Å². The molecule has 1 N–H and O–H groups in total. The number of anilines is 2. The zero-order valence-electron chi connectivity index (χ0n) is 20.2. The van der Waals surface area contributed by atoms with E-state index in [4.69, 9.17) is 4.98 Å². The standard InChI is InChI=1S/C26H26N8O2/c1-3-23(35)32-11-6-8-19(16-32)34-24(36)13-17(2)20-15-28-26(30-25(20)34)29-22-10-12-33(31-22)21-9-5-4-7-18(21)14-27/h4-5,7,9-10,12-13,15,19H,3,6,8,11,16H2,1-2H3,(H,28,29,30,31)/t19-/m1/s1. The molecule has 1 saturated heterocycles. The zero-order chi connectivity index (χ0) is 25.2. The average Bonchev–Trinajstić information content (AvgIpc) is 3.36. The predicted octanol–water partition coefficient (Wildman–Crippen LogP) is 3.47. The van der Waals surface area contributed by atoms with Gasteiger partial charge in [-0.2, -0.15) is 15.3 Å². The van der Waals surface area contributed by atoms with Crippen LogP contribution in [-0.4, -0.2) is 48.2 Å². The van der Waals surface area contributed by atoms with Crippen LogP contribution in [0.25, 0.3) is 16.7 Å². The van der Waals surface area contributed by atoms with Crippen molar-refractivity contribution in [3.63, 3.8) is 0 Å². The Balaban J connectivity index is 1.50. The van der Waals surface area contributed by atoms with Gasteiger partial charge in [0.1, 0.15) is 11.7 Å². The number of nitrogens with zero attached hydrogens (tertiary/aromatic N) is 7. The molecule has 0 unspecified atom stereocenters. The summed E-state index contributed by atoms with van der Waals surface area (Å²) >= 11 is 0. The van der Waals surface area contributed by atoms with Crippen LogP contribution in [0.4, 0.5) is 11.8 Å². The zero-order valence-corrected chi connectivity index (χ0v) is 20.2. The number of amides is 1. The highest BCUT2D eigenvalue weighted by atomic mass is 16.2. The number of hydrogen-bond acceptors (Lipinski definition) is 7. The molecule has 1 fully saturated rings. The fourth-order valence-corrected chi connectivity index (χ4v) is 4.71. The van der Waals surface area contributed by atoms with Gasteiger partial charge >= 0.3 is 0 Å². The number of carbonyl (C=O) groups is 1. The fourth-order valence-electron chi connectivity index (χ4n) is 4.71. The molecule has 5 rings (SSSR count). The molecule has 0 radical (unpaired) electrons. The molecule has 1 amide bonds. The molecule has 1 atom stereocenters. The van der Waals surface area contributed by atoms with E-state index in [2.05, 4.69) is 21.5 Å². The summed E-state index contributed by atoms with van der Waals surface area (Å²) in [5.74, 6) is 0.896. The quantitative estimate of drug-likeness (QED) is 0.462. The van der Waals surface area contributed by atoms with Crippen LogP contribution in [0.3, 0.4) is 0 Å². The molecule has 0 aliphatic carbocycles. The number of para-hydroxylation sites is 1. The van der Waals surface area contributed by atoms with E-state index in [9.17, 15) is 14.9 Å². The first kappa shape index (κ1) is 23.2. The van der Waals surface area contributed by atoms with Crippen LogP contribution in [-0.2, 0) is 4.79 Å². The number of nitriles is 1. The molecule has 10 nitrogen and oxygen atoms in total. The first-order valence-electron chi connectivity index (χ1n) is 12.0. The van der Waals surface area contributed by atoms with Crippen LogP contribution in [0.1, 0.15) is 43.4 Å². The van der Waals surface area contributed by atoms with Gasteiger partial charge in [-0.05, 0) is 37.5 Å². The number of benzene rings is 1. The van der Waals surface area contributed by atoms with Gasteiger partial charge in [0.25, 0.3) is 5.56 Å². The maximum Gasteiger partial charge on any atom is 0.252 e. The van der Waals surface area contributed by atoms with Crippen molar-refractivity contribution in [3.8, 4) is 11.8 Å². The number of fused-ring (bicyclic) bond motifs is 1. The highest BCUT2D eigenvalue weighted by Crippen LogP contribution is 2.26. The third-order valence-corrected chi connectivity index (χ3v) is 6.52. The lowest BCUT2D eigenvalue weighted by Gasteiger charge is -2.34. The number of pyridine rings is 1. The molecule has 10 heteroatoms. The molecular formula is C26H26N8O2. The minimum Gasteiger partial charge on any atom is -0.341 e. The van der Waals surface area contributed by atoms with Crippen molar-refractivity contribution in [3.05, 3.63) is 70.3 Å². The van der Waals surface area contributed by atoms with Crippen molar-refractivity contribution in [2.75, 3.05) is 18.4 Å². The molecule has 36 heavy (non-hydrogen) atoms. The Labute approximate surface area is 207 Å². The Bertz CT molecular complexity index is 1550. The van der Waals surface area contributed by atoms with E-state index in [0.717, 1.165) is 23.8 Å². The minimum absolute atomic E-state index is 0.0923. The Kier molecular flexibility index (Phi) is 6.21. The molecule has 1 aliphatic rings. The SMILES string of the molecule is CCC(=O)N1CCC[C@@H](n2c(=O)cc(C)c3cnc(Nc4ccn(-c5ccccc5C#N)n4)nc32)C1. The lowest BCUT2D eigenvalue weighted by Crippen LogP contribution is -2.42. The van der Waals surface area contributed by atoms with Crippen LogP contribution >= 0.6 is 0 Å². The maximum atomic E-state index is 13.1. The smallest absolute Gasteiger partial charge is 0.252 e. The van der Waals surface area contributed by atoms with E-state index in [-0.39, 0.29) is 17.5 Å². The van der Waals surface area contributed by atoms with E-state index < -0.39 is 0 Å². The van der Waals surface area contributed by atoms with E-state index in [1.807, 2.05) is 30.9 Å². The second-order valence-corrected chi connectivity index (χ2v) is 8.86. The summed E-state index contributed by atoms with van der Waals surface area (Å²) in [5.41, 5.74) is 2.37. The van der Waals surface area contributed by atoms with Gasteiger partial charge in [0.2, 0.25) is 11.9 Å². The van der Waals surface area contributed by atoms with Gasteiger partial charge in [-0.25, -0.2) is 9.67 Å². The number of rotatable bonds is 5. The third-order valence-electron chi connectivity index (χ3n) is 6.52. The number of hydrogen-bond donors (Lipinski definition) is 1. The first-order chi connectivity index (χ1) is 17.5. The number of carbonyl (C=O) groups excluding carboxylic acids is 1. The number of aryl methyl sites for hydroxylation is 1. The van der Waals surface area contributed by atoms with Gasteiger partial charge in [0.05, 0.1) is 17.3 Å². The summed E-state index contributed by atoms with van der Waals surface area (Å²) in [6, 6.07) is 12.6. The number of aromatic nitrogens is 5. The van der Waals surface area contributed by atoms with E-state index in [1.54, 1.807) is 45.9 Å². The lowest BCUT2D eigenvalue weighted by atomic mass is 10.0. The molecule has 1 aliphatic heterocycles. The normalized spacial score (nSPS) is 15.6. The Morgan fingerprint density at radius 1 is 1.28 bits per heavy atom. The number of likely N-dealkylation sites (tertiary alicyclic amines) is 1. The molecule has 4 aromatic rings. The summed E-state index contributed by atoms with van der Waals surface area (Å²) < 4.78 is 3.31. The van der Waals surface area contributed by atoms with Crippen LogP contribution in [0.5, 0.6) is 0 Å². The number of nitrogens with one attached hydrogen (secondary N) is 1.